The topological polar surface area (TPSA) is 62.7 Å². The fourth-order valence-electron chi connectivity index (χ4n) is 2.11. The molecule has 20 heavy (non-hydrogen) atoms. The number of carbonyl (C=O) groups is 2. The van der Waals surface area contributed by atoms with Crippen molar-refractivity contribution in [1.82, 2.24) is 14.8 Å². The third-order valence-electron chi connectivity index (χ3n) is 3.33. The van der Waals surface area contributed by atoms with Gasteiger partial charge in [-0.1, -0.05) is 0 Å². The average molecular weight is 277 g/mol. The minimum atomic E-state index is -0.400. The molecule has 0 bridgehead atoms. The van der Waals surface area contributed by atoms with E-state index in [1.54, 1.807) is 17.3 Å². The van der Waals surface area contributed by atoms with Crippen LogP contribution in [0.25, 0.3) is 0 Å². The summed E-state index contributed by atoms with van der Waals surface area (Å²) >= 11 is 0. The first-order valence-electron chi connectivity index (χ1n) is 6.79. The quantitative estimate of drug-likeness (QED) is 0.776. The Morgan fingerprint density at radius 2 is 2.20 bits per heavy atom. The van der Waals surface area contributed by atoms with Crippen LogP contribution in [0.3, 0.4) is 0 Å². The highest BCUT2D eigenvalue weighted by Gasteiger charge is 2.25. The van der Waals surface area contributed by atoms with E-state index in [4.69, 9.17) is 4.74 Å². The Balaban J connectivity index is 1.84. The highest BCUT2D eigenvalue weighted by Crippen LogP contribution is 2.05. The van der Waals surface area contributed by atoms with Crippen molar-refractivity contribution >= 4 is 12.0 Å². The summed E-state index contributed by atoms with van der Waals surface area (Å²) < 4.78 is 4.82. The van der Waals surface area contributed by atoms with Gasteiger partial charge in [-0.3, -0.25) is 14.7 Å². The molecule has 0 N–H and O–H groups in total. The van der Waals surface area contributed by atoms with Crippen LogP contribution < -0.4 is 0 Å². The molecular weight excluding hydrogens is 258 g/mol. The Morgan fingerprint density at radius 1 is 1.45 bits per heavy atom. The van der Waals surface area contributed by atoms with Gasteiger partial charge in [0.05, 0.1) is 6.54 Å². The predicted molar refractivity (Wildman–Crippen MR) is 73.1 cm³/mol. The summed E-state index contributed by atoms with van der Waals surface area (Å²) in [4.78, 5) is 30.7. The van der Waals surface area contributed by atoms with E-state index in [-0.39, 0.29) is 12.5 Å². The van der Waals surface area contributed by atoms with Gasteiger partial charge in [0.25, 0.3) is 0 Å². The minimum Gasteiger partial charge on any atom is -0.448 e. The molecule has 1 fully saturated rings. The number of carbonyl (C=O) groups excluding carboxylic acids is 2. The van der Waals surface area contributed by atoms with Crippen LogP contribution in [-0.4, -0.2) is 59.6 Å². The number of ether oxygens (including phenoxy) is 1. The van der Waals surface area contributed by atoms with Crippen molar-refractivity contribution in [3.63, 3.8) is 0 Å². The summed E-state index contributed by atoms with van der Waals surface area (Å²) in [6.45, 7) is 4.17. The van der Waals surface area contributed by atoms with E-state index in [0.717, 1.165) is 12.0 Å². The van der Waals surface area contributed by atoms with E-state index in [0.29, 0.717) is 26.2 Å². The third kappa shape index (κ3) is 3.69. The first kappa shape index (κ1) is 14.3. The van der Waals surface area contributed by atoms with Crippen molar-refractivity contribution in [2.75, 3.05) is 32.8 Å². The normalized spacial score (nSPS) is 14.2. The molecule has 0 aromatic carbocycles. The molecule has 0 radical (unpaired) electrons. The van der Waals surface area contributed by atoms with Gasteiger partial charge in [0.2, 0.25) is 5.91 Å². The standard InChI is InChI=1S/C14H19N3O3/c1-2-16(8-5-12-3-6-15-7-4-12)13(18)11-17-9-10-20-14(17)19/h3-4,6-7H,2,5,8-11H2,1H3. The zero-order valence-electron chi connectivity index (χ0n) is 11.6. The lowest BCUT2D eigenvalue weighted by Crippen LogP contribution is -2.41. The van der Waals surface area contributed by atoms with Gasteiger partial charge in [0, 0.05) is 25.5 Å². The zero-order valence-corrected chi connectivity index (χ0v) is 11.6. The molecule has 108 valence electrons. The van der Waals surface area contributed by atoms with Crippen molar-refractivity contribution in [2.45, 2.75) is 13.3 Å². The summed E-state index contributed by atoms with van der Waals surface area (Å²) in [5, 5.41) is 0. The molecule has 6 nitrogen and oxygen atoms in total. The van der Waals surface area contributed by atoms with Crippen LogP contribution in [-0.2, 0) is 16.0 Å². The lowest BCUT2D eigenvalue weighted by atomic mass is 10.2. The average Bonchev–Trinajstić information content (AvgIpc) is 2.86. The van der Waals surface area contributed by atoms with Gasteiger partial charge in [-0.15, -0.1) is 0 Å². The van der Waals surface area contributed by atoms with Crippen molar-refractivity contribution in [2.24, 2.45) is 0 Å². The number of amides is 2. The molecular formula is C14H19N3O3. The maximum Gasteiger partial charge on any atom is 0.410 e. The van der Waals surface area contributed by atoms with Gasteiger partial charge in [-0.25, -0.2) is 4.79 Å². The lowest BCUT2D eigenvalue weighted by molar-refractivity contribution is -0.131. The number of hydrogen-bond donors (Lipinski definition) is 0. The molecule has 1 aromatic rings. The van der Waals surface area contributed by atoms with Crippen LogP contribution in [0.4, 0.5) is 4.79 Å². The van der Waals surface area contributed by atoms with E-state index < -0.39 is 6.09 Å². The highest BCUT2D eigenvalue weighted by atomic mass is 16.6. The number of cyclic esters (lactones) is 1. The molecule has 0 atom stereocenters. The number of nitrogens with zero attached hydrogens (tertiary/aromatic N) is 3. The first-order chi connectivity index (χ1) is 9.70. The van der Waals surface area contributed by atoms with Crippen LogP contribution in [0.15, 0.2) is 24.5 Å². The van der Waals surface area contributed by atoms with Gasteiger partial charge >= 0.3 is 6.09 Å². The molecule has 1 aliphatic rings. The Morgan fingerprint density at radius 3 is 2.80 bits per heavy atom. The molecule has 1 saturated heterocycles. The zero-order chi connectivity index (χ0) is 14.4. The first-order valence-corrected chi connectivity index (χ1v) is 6.79. The molecule has 2 amide bonds. The molecule has 0 spiro atoms. The predicted octanol–water partition coefficient (Wildman–Crippen LogP) is 0.925. The van der Waals surface area contributed by atoms with Crippen LogP contribution in [0, 0.1) is 0 Å². The second-order valence-corrected chi connectivity index (χ2v) is 4.61. The Hall–Kier alpha value is -2.11. The van der Waals surface area contributed by atoms with Crippen molar-refractivity contribution in [3.8, 4) is 0 Å². The summed E-state index contributed by atoms with van der Waals surface area (Å²) in [7, 11) is 0. The van der Waals surface area contributed by atoms with Crippen LogP contribution in [0.1, 0.15) is 12.5 Å². The maximum absolute atomic E-state index is 12.2. The largest absolute Gasteiger partial charge is 0.448 e. The number of rotatable bonds is 6. The number of likely N-dealkylation sites (N-methyl/N-ethyl adjacent to an activating group) is 1. The van der Waals surface area contributed by atoms with Crippen molar-refractivity contribution < 1.29 is 14.3 Å². The molecule has 2 heterocycles. The second kappa shape index (κ2) is 6.88. The summed E-state index contributed by atoms with van der Waals surface area (Å²) in [6, 6.07) is 3.88. The number of pyridine rings is 1. The van der Waals surface area contributed by atoms with Gasteiger partial charge in [-0.05, 0) is 31.0 Å². The molecule has 0 aliphatic carbocycles. The summed E-state index contributed by atoms with van der Waals surface area (Å²) in [5.41, 5.74) is 1.15. The summed E-state index contributed by atoms with van der Waals surface area (Å²) in [6.07, 6.45) is 3.87. The molecule has 0 unspecified atom stereocenters. The second-order valence-electron chi connectivity index (χ2n) is 4.61. The third-order valence-corrected chi connectivity index (χ3v) is 3.33. The van der Waals surface area contributed by atoms with E-state index >= 15 is 0 Å². The Labute approximate surface area is 118 Å². The Kier molecular flexibility index (Phi) is 4.92. The monoisotopic (exact) mass is 277 g/mol. The molecule has 2 rings (SSSR count). The van der Waals surface area contributed by atoms with Gasteiger partial charge in [0.1, 0.15) is 13.2 Å². The fourth-order valence-corrected chi connectivity index (χ4v) is 2.11. The van der Waals surface area contributed by atoms with Crippen molar-refractivity contribution in [1.29, 1.82) is 0 Å². The SMILES string of the molecule is CCN(CCc1ccncc1)C(=O)CN1CCOC1=O. The minimum absolute atomic E-state index is 0.0413. The maximum atomic E-state index is 12.2. The van der Waals surface area contributed by atoms with Gasteiger partial charge in [0.15, 0.2) is 0 Å². The van der Waals surface area contributed by atoms with Crippen molar-refractivity contribution in [3.05, 3.63) is 30.1 Å². The highest BCUT2D eigenvalue weighted by molar-refractivity contribution is 5.82. The van der Waals surface area contributed by atoms with Crippen LogP contribution in [0.2, 0.25) is 0 Å². The van der Waals surface area contributed by atoms with Gasteiger partial charge in [-0.2, -0.15) is 0 Å². The summed E-state index contributed by atoms with van der Waals surface area (Å²) in [5.74, 6) is -0.0413. The molecule has 1 aromatic heterocycles. The van der Waals surface area contributed by atoms with E-state index in [2.05, 4.69) is 4.98 Å². The number of aromatic nitrogens is 1. The molecule has 0 saturated carbocycles. The molecule has 1 aliphatic heterocycles. The fraction of sp³-hybridized carbons (Fsp3) is 0.500. The van der Waals surface area contributed by atoms with E-state index in [1.165, 1.54) is 4.90 Å². The van der Waals surface area contributed by atoms with Gasteiger partial charge < -0.3 is 9.64 Å². The lowest BCUT2D eigenvalue weighted by Gasteiger charge is -2.23. The smallest absolute Gasteiger partial charge is 0.410 e. The van der Waals surface area contributed by atoms with E-state index in [1.807, 2.05) is 19.1 Å². The Bertz CT molecular complexity index is 464. The van der Waals surface area contributed by atoms with E-state index in [9.17, 15) is 9.59 Å². The van der Waals surface area contributed by atoms with Crippen LogP contribution >= 0.6 is 0 Å². The van der Waals surface area contributed by atoms with Crippen LogP contribution in [0.5, 0.6) is 0 Å². The number of hydrogen-bond acceptors (Lipinski definition) is 4. The molecule has 6 heteroatoms.